The van der Waals surface area contributed by atoms with E-state index < -0.39 is 56.1 Å². The van der Waals surface area contributed by atoms with E-state index in [-0.39, 0.29) is 30.2 Å². The second kappa shape index (κ2) is 14.0. The van der Waals surface area contributed by atoms with Gasteiger partial charge in [-0.1, -0.05) is 30.3 Å². The largest absolute Gasteiger partial charge is 0.370 e. The van der Waals surface area contributed by atoms with Gasteiger partial charge in [-0.25, -0.2) is 16.8 Å². The summed E-state index contributed by atoms with van der Waals surface area (Å²) in [6.07, 6.45) is 1.84. The summed E-state index contributed by atoms with van der Waals surface area (Å²) in [4.78, 5) is 41.6. The molecule has 0 heterocycles. The van der Waals surface area contributed by atoms with Crippen LogP contribution in [0.15, 0.2) is 52.4 Å². The fourth-order valence-electron chi connectivity index (χ4n) is 3.66. The van der Waals surface area contributed by atoms with Gasteiger partial charge < -0.3 is 26.5 Å². The van der Waals surface area contributed by atoms with E-state index in [2.05, 4.69) is 15.0 Å². The van der Waals surface area contributed by atoms with E-state index in [1.165, 1.54) is 19.2 Å². The monoisotopic (exact) mass is 582 g/mol. The number of carbonyl (C=O) groups is 3. The van der Waals surface area contributed by atoms with Crippen LogP contribution in [0.4, 0.5) is 0 Å². The maximum Gasteiger partial charge on any atom is 0.241 e. The highest BCUT2D eigenvalue weighted by Crippen LogP contribution is 2.19. The van der Waals surface area contributed by atoms with E-state index in [0.29, 0.717) is 18.1 Å². The number of aliphatic imine (C=N–C) groups is 1. The average Bonchev–Trinajstić information content (AvgIpc) is 2.86. The molecule has 2 rings (SSSR count). The Morgan fingerprint density at radius 1 is 1.05 bits per heavy atom. The molecule has 2 amide bonds. The van der Waals surface area contributed by atoms with Gasteiger partial charge in [-0.3, -0.25) is 14.6 Å². The Hall–Kier alpha value is -3.56. The second-order valence-electron chi connectivity index (χ2n) is 9.05. The van der Waals surface area contributed by atoms with Crippen molar-refractivity contribution in [3.63, 3.8) is 0 Å². The smallest absolute Gasteiger partial charge is 0.241 e. The summed E-state index contributed by atoms with van der Waals surface area (Å²) in [6.45, 7) is -0.232. The molecule has 13 nitrogen and oxygen atoms in total. The molecular formula is C24H34N6O7S2. The molecule has 0 aromatic heterocycles. The molecule has 6 N–H and O–H groups in total. The molecule has 0 aliphatic rings. The molecule has 0 radical (unpaired) electrons. The number of guanidine groups is 1. The highest BCUT2D eigenvalue weighted by molar-refractivity contribution is 7.90. The zero-order valence-corrected chi connectivity index (χ0v) is 23.4. The molecule has 0 spiro atoms. The lowest BCUT2D eigenvalue weighted by Crippen LogP contribution is -2.51. The van der Waals surface area contributed by atoms with Gasteiger partial charge in [0.2, 0.25) is 21.8 Å². The molecule has 0 saturated heterocycles. The van der Waals surface area contributed by atoms with Gasteiger partial charge in [-0.05, 0) is 42.2 Å². The van der Waals surface area contributed by atoms with E-state index in [0.717, 1.165) is 16.5 Å². The topological polar surface area (TPSA) is 211 Å². The molecule has 0 fully saturated rings. The minimum atomic E-state index is -4.24. The van der Waals surface area contributed by atoms with Gasteiger partial charge in [0, 0.05) is 19.8 Å². The van der Waals surface area contributed by atoms with Gasteiger partial charge in [0.25, 0.3) is 0 Å². The average molecular weight is 583 g/mol. The third kappa shape index (κ3) is 10.6. The number of carbonyl (C=O) groups excluding carboxylic acids is 3. The van der Waals surface area contributed by atoms with Crippen molar-refractivity contribution in [2.24, 2.45) is 16.5 Å². The Kier molecular flexibility index (Phi) is 11.4. The van der Waals surface area contributed by atoms with Crippen LogP contribution in [0.5, 0.6) is 0 Å². The maximum atomic E-state index is 13.2. The van der Waals surface area contributed by atoms with Gasteiger partial charge in [0.15, 0.2) is 5.96 Å². The van der Waals surface area contributed by atoms with E-state index in [1.807, 2.05) is 12.1 Å². The van der Waals surface area contributed by atoms with E-state index in [9.17, 15) is 31.2 Å². The van der Waals surface area contributed by atoms with Gasteiger partial charge >= 0.3 is 0 Å². The van der Waals surface area contributed by atoms with Gasteiger partial charge in [-0.2, -0.15) is 4.72 Å². The number of sulfonamides is 1. The number of hydrogen-bond acceptors (Lipinski definition) is 8. The molecule has 39 heavy (non-hydrogen) atoms. The normalized spacial score (nSPS) is 13.3. The number of nitrogens with one attached hydrogen (secondary N) is 2. The van der Waals surface area contributed by atoms with E-state index in [4.69, 9.17) is 11.5 Å². The number of aldehydes is 1. The summed E-state index contributed by atoms with van der Waals surface area (Å²) in [7, 11) is -6.50. The fraction of sp³-hybridized carbons (Fsp3) is 0.417. The second-order valence-corrected chi connectivity index (χ2v) is 13.0. The molecule has 0 bridgehead atoms. The van der Waals surface area contributed by atoms with Crippen molar-refractivity contribution in [3.05, 3.63) is 42.5 Å². The van der Waals surface area contributed by atoms with Crippen LogP contribution in [0, 0.1) is 0 Å². The van der Waals surface area contributed by atoms with Crippen LogP contribution in [-0.4, -0.2) is 90.0 Å². The first-order chi connectivity index (χ1) is 18.2. The van der Waals surface area contributed by atoms with Crippen LogP contribution in [0.25, 0.3) is 10.8 Å². The summed E-state index contributed by atoms with van der Waals surface area (Å²) in [6, 6.07) is 9.25. The van der Waals surface area contributed by atoms with E-state index in [1.54, 1.807) is 18.2 Å². The first kappa shape index (κ1) is 31.7. The molecule has 214 valence electrons. The fourth-order valence-corrected chi connectivity index (χ4v) is 5.58. The van der Waals surface area contributed by atoms with Crippen LogP contribution in [-0.2, 0) is 34.2 Å². The third-order valence-electron chi connectivity index (χ3n) is 5.64. The number of benzene rings is 2. The first-order valence-electron chi connectivity index (χ1n) is 12.0. The molecular weight excluding hydrogens is 548 g/mol. The molecule has 0 saturated carbocycles. The molecule has 2 atom stereocenters. The van der Waals surface area contributed by atoms with Crippen LogP contribution in [0.2, 0.25) is 0 Å². The summed E-state index contributed by atoms with van der Waals surface area (Å²) in [5, 5.41) is 3.96. The number of hydrogen-bond donors (Lipinski definition) is 4. The lowest BCUT2D eigenvalue weighted by molar-refractivity contribution is -0.136. The zero-order chi connectivity index (χ0) is 29.2. The van der Waals surface area contributed by atoms with E-state index >= 15 is 0 Å². The Balaban J connectivity index is 2.13. The Morgan fingerprint density at radius 2 is 1.72 bits per heavy atom. The number of nitrogens with zero attached hydrogens (tertiary/aromatic N) is 2. The number of amides is 2. The van der Waals surface area contributed by atoms with Crippen molar-refractivity contribution in [2.45, 2.75) is 36.2 Å². The van der Waals surface area contributed by atoms with Crippen molar-refractivity contribution >= 4 is 54.7 Å². The number of nitrogens with two attached hydrogens (primary N) is 2. The maximum absolute atomic E-state index is 13.2. The third-order valence-corrected chi connectivity index (χ3v) is 8.09. The number of rotatable bonds is 15. The lowest BCUT2D eigenvalue weighted by Gasteiger charge is -2.24. The zero-order valence-electron chi connectivity index (χ0n) is 21.7. The van der Waals surface area contributed by atoms with Crippen LogP contribution >= 0.6 is 0 Å². The highest BCUT2D eigenvalue weighted by atomic mass is 32.2. The van der Waals surface area contributed by atoms with Crippen molar-refractivity contribution in [2.75, 3.05) is 32.1 Å². The Labute approximate surface area is 228 Å². The predicted octanol–water partition coefficient (Wildman–Crippen LogP) is -0.883. The SMILES string of the molecule is CN(CC(=O)NC(C=O)CCCN=C(N)N)C(=O)C(CCS(C)(=O)=O)NS(=O)(=O)c1ccc2ccccc2c1. The first-order valence-corrected chi connectivity index (χ1v) is 15.5. The molecule has 15 heteroatoms. The van der Waals surface area contributed by atoms with Gasteiger partial charge in [0.1, 0.15) is 22.2 Å². The van der Waals surface area contributed by atoms with Gasteiger partial charge in [-0.15, -0.1) is 0 Å². The number of likely N-dealkylation sites (N-methyl/N-ethyl adjacent to an activating group) is 1. The molecule has 2 unspecified atom stereocenters. The standard InChI is InChI=1S/C24H34N6O7S2/c1-30(15-22(32)28-19(16-31)8-5-12-27-24(25)26)23(33)21(11-13-38(2,34)35)29-39(36,37)20-10-9-17-6-3-4-7-18(17)14-20/h3-4,6-7,9-10,14,16,19,21,29H,5,8,11-13,15H2,1-2H3,(H,28,32)(H4,25,26,27). The van der Waals surface area contributed by atoms with Crippen molar-refractivity contribution in [3.8, 4) is 0 Å². The van der Waals surface area contributed by atoms with Crippen molar-refractivity contribution in [1.82, 2.24) is 14.9 Å². The summed E-state index contributed by atoms with van der Waals surface area (Å²) in [5.41, 5.74) is 10.5. The molecule has 2 aromatic rings. The quantitative estimate of drug-likeness (QED) is 0.0887. The highest BCUT2D eigenvalue weighted by Gasteiger charge is 2.30. The van der Waals surface area contributed by atoms with Crippen molar-refractivity contribution in [1.29, 1.82) is 0 Å². The molecule has 0 aliphatic heterocycles. The van der Waals surface area contributed by atoms with Crippen LogP contribution in [0.3, 0.4) is 0 Å². The van der Waals surface area contributed by atoms with Crippen LogP contribution in [0.1, 0.15) is 19.3 Å². The molecule has 0 aliphatic carbocycles. The molecule has 2 aromatic carbocycles. The Bertz CT molecular complexity index is 1420. The predicted molar refractivity (Wildman–Crippen MR) is 148 cm³/mol. The number of fused-ring (bicyclic) bond motifs is 1. The Morgan fingerprint density at radius 3 is 2.33 bits per heavy atom. The summed E-state index contributed by atoms with van der Waals surface area (Å²) < 4.78 is 52.1. The minimum Gasteiger partial charge on any atom is -0.370 e. The van der Waals surface area contributed by atoms with Crippen LogP contribution < -0.4 is 21.5 Å². The van der Waals surface area contributed by atoms with Gasteiger partial charge in [0.05, 0.1) is 23.2 Å². The number of sulfone groups is 1. The van der Waals surface area contributed by atoms with Crippen molar-refractivity contribution < 1.29 is 31.2 Å². The summed E-state index contributed by atoms with van der Waals surface area (Å²) >= 11 is 0. The summed E-state index contributed by atoms with van der Waals surface area (Å²) in [5.74, 6) is -2.03. The minimum absolute atomic E-state index is 0.0940. The lowest BCUT2D eigenvalue weighted by atomic mass is 10.1.